The fraction of sp³-hybridized carbons (Fsp3) is 0.364. The van der Waals surface area contributed by atoms with Gasteiger partial charge in [-0.2, -0.15) is 5.26 Å². The molecule has 0 aliphatic carbocycles. The van der Waals surface area contributed by atoms with Crippen LogP contribution in [0.15, 0.2) is 12.1 Å². The van der Waals surface area contributed by atoms with Crippen LogP contribution in [0.2, 0.25) is 0 Å². The van der Waals surface area contributed by atoms with E-state index >= 15 is 0 Å². The summed E-state index contributed by atoms with van der Waals surface area (Å²) in [7, 11) is 3.06. The number of ether oxygens (including phenoxy) is 2. The molecule has 15 heavy (non-hydrogen) atoms. The number of rotatable bonds is 4. The fourth-order valence-corrected chi connectivity index (χ4v) is 1.45. The number of nitriles is 1. The van der Waals surface area contributed by atoms with Crippen molar-refractivity contribution < 1.29 is 9.47 Å². The first-order valence-electron chi connectivity index (χ1n) is 4.62. The summed E-state index contributed by atoms with van der Waals surface area (Å²) >= 11 is 0. The van der Waals surface area contributed by atoms with Crippen LogP contribution in [0.5, 0.6) is 11.5 Å². The van der Waals surface area contributed by atoms with Crippen molar-refractivity contribution in [3.05, 3.63) is 23.3 Å². The average molecular weight is 206 g/mol. The van der Waals surface area contributed by atoms with Crippen LogP contribution in [-0.2, 0) is 6.42 Å². The quantitative estimate of drug-likeness (QED) is 0.800. The molecule has 1 aromatic rings. The lowest BCUT2D eigenvalue weighted by Gasteiger charge is -2.11. The van der Waals surface area contributed by atoms with Crippen LogP contribution in [0.1, 0.15) is 11.1 Å². The molecule has 0 saturated heterocycles. The summed E-state index contributed by atoms with van der Waals surface area (Å²) in [6.07, 6.45) is 0.656. The molecule has 4 heteroatoms. The number of methoxy groups -OCH3 is 2. The molecule has 0 amide bonds. The van der Waals surface area contributed by atoms with E-state index in [9.17, 15) is 0 Å². The Morgan fingerprint density at radius 1 is 1.33 bits per heavy atom. The molecular weight excluding hydrogens is 192 g/mol. The molecule has 0 radical (unpaired) electrons. The van der Waals surface area contributed by atoms with E-state index in [2.05, 4.69) is 6.07 Å². The van der Waals surface area contributed by atoms with Crippen molar-refractivity contribution in [3.63, 3.8) is 0 Å². The maximum absolute atomic E-state index is 9.05. The zero-order valence-electron chi connectivity index (χ0n) is 8.91. The van der Waals surface area contributed by atoms with Gasteiger partial charge in [-0.25, -0.2) is 0 Å². The highest BCUT2D eigenvalue weighted by atomic mass is 16.5. The third-order valence-electron chi connectivity index (χ3n) is 2.16. The maximum Gasteiger partial charge on any atom is 0.178 e. The number of nitrogens with two attached hydrogens (primary N) is 1. The summed E-state index contributed by atoms with van der Waals surface area (Å²) in [4.78, 5) is 0. The zero-order valence-corrected chi connectivity index (χ0v) is 8.91. The molecule has 0 aliphatic rings. The minimum atomic E-state index is 0.478. The lowest BCUT2D eigenvalue weighted by atomic mass is 10.0. The number of benzene rings is 1. The second-order valence-corrected chi connectivity index (χ2v) is 2.99. The van der Waals surface area contributed by atoms with E-state index in [1.165, 1.54) is 7.11 Å². The van der Waals surface area contributed by atoms with Crippen LogP contribution in [0.3, 0.4) is 0 Å². The summed E-state index contributed by atoms with van der Waals surface area (Å²) in [5.41, 5.74) is 6.85. The van der Waals surface area contributed by atoms with Gasteiger partial charge in [0, 0.05) is 0 Å². The molecule has 0 spiro atoms. The average Bonchev–Trinajstić information content (AvgIpc) is 2.28. The molecule has 0 saturated carbocycles. The van der Waals surface area contributed by atoms with Crippen molar-refractivity contribution in [2.75, 3.05) is 20.8 Å². The van der Waals surface area contributed by atoms with E-state index in [1.807, 2.05) is 6.07 Å². The second kappa shape index (κ2) is 5.23. The van der Waals surface area contributed by atoms with Gasteiger partial charge in [0.15, 0.2) is 11.5 Å². The van der Waals surface area contributed by atoms with E-state index < -0.39 is 0 Å². The Bertz CT molecular complexity index is 383. The zero-order chi connectivity index (χ0) is 11.3. The van der Waals surface area contributed by atoms with Gasteiger partial charge in [-0.05, 0) is 24.6 Å². The second-order valence-electron chi connectivity index (χ2n) is 2.99. The lowest BCUT2D eigenvalue weighted by Crippen LogP contribution is -2.05. The van der Waals surface area contributed by atoms with Gasteiger partial charge in [0.25, 0.3) is 0 Å². The Morgan fingerprint density at radius 3 is 2.53 bits per heavy atom. The van der Waals surface area contributed by atoms with Crippen LogP contribution < -0.4 is 15.2 Å². The minimum Gasteiger partial charge on any atom is -0.493 e. The van der Waals surface area contributed by atoms with Crippen molar-refractivity contribution >= 4 is 0 Å². The van der Waals surface area contributed by atoms with Gasteiger partial charge in [-0.3, -0.25) is 0 Å². The largest absolute Gasteiger partial charge is 0.493 e. The van der Waals surface area contributed by atoms with Gasteiger partial charge in [0.1, 0.15) is 11.6 Å². The number of nitrogens with zero attached hydrogens (tertiary/aromatic N) is 1. The highest BCUT2D eigenvalue weighted by Crippen LogP contribution is 2.32. The molecule has 1 rings (SSSR count). The number of hydrogen-bond acceptors (Lipinski definition) is 4. The van der Waals surface area contributed by atoms with E-state index in [-0.39, 0.29) is 0 Å². The molecule has 0 unspecified atom stereocenters. The first-order valence-corrected chi connectivity index (χ1v) is 4.62. The van der Waals surface area contributed by atoms with Gasteiger partial charge in [0.2, 0.25) is 0 Å². The van der Waals surface area contributed by atoms with Gasteiger partial charge in [-0.15, -0.1) is 0 Å². The predicted octanol–water partition coefficient (Wildman–Crippen LogP) is 1.08. The van der Waals surface area contributed by atoms with Crippen molar-refractivity contribution in [1.29, 1.82) is 5.26 Å². The molecule has 0 fully saturated rings. The minimum absolute atomic E-state index is 0.478. The normalized spacial score (nSPS) is 9.47. The monoisotopic (exact) mass is 206 g/mol. The SMILES string of the molecule is COc1ccc(CCN)c(C#N)c1OC. The van der Waals surface area contributed by atoms with Gasteiger partial charge < -0.3 is 15.2 Å². The Morgan fingerprint density at radius 2 is 2.07 bits per heavy atom. The topological polar surface area (TPSA) is 68.3 Å². The van der Waals surface area contributed by atoms with Crippen LogP contribution in [0.25, 0.3) is 0 Å². The van der Waals surface area contributed by atoms with Crippen LogP contribution in [-0.4, -0.2) is 20.8 Å². The highest BCUT2D eigenvalue weighted by molar-refractivity contribution is 5.56. The first kappa shape index (κ1) is 11.3. The Kier molecular flexibility index (Phi) is 3.95. The van der Waals surface area contributed by atoms with Gasteiger partial charge in [0.05, 0.1) is 14.2 Å². The highest BCUT2D eigenvalue weighted by Gasteiger charge is 2.13. The molecule has 0 heterocycles. The van der Waals surface area contributed by atoms with Crippen LogP contribution in [0.4, 0.5) is 0 Å². The summed E-state index contributed by atoms with van der Waals surface area (Å²) in [5, 5.41) is 9.05. The molecule has 0 aromatic heterocycles. The summed E-state index contributed by atoms with van der Waals surface area (Å²) in [6.45, 7) is 0.504. The van der Waals surface area contributed by atoms with Crippen molar-refractivity contribution in [2.45, 2.75) is 6.42 Å². The standard InChI is InChI=1S/C11H14N2O2/c1-14-10-4-3-8(5-6-12)9(7-13)11(10)15-2/h3-4H,5-6,12H2,1-2H3. The van der Waals surface area contributed by atoms with Crippen LogP contribution in [0, 0.1) is 11.3 Å². The van der Waals surface area contributed by atoms with Crippen molar-refractivity contribution in [2.24, 2.45) is 5.73 Å². The van der Waals surface area contributed by atoms with E-state index in [1.54, 1.807) is 13.2 Å². The predicted molar refractivity (Wildman–Crippen MR) is 57.0 cm³/mol. The third-order valence-corrected chi connectivity index (χ3v) is 2.16. The summed E-state index contributed by atoms with van der Waals surface area (Å²) in [5.74, 6) is 1.04. The van der Waals surface area contributed by atoms with Crippen LogP contribution >= 0.6 is 0 Å². The molecule has 0 bridgehead atoms. The fourth-order valence-electron chi connectivity index (χ4n) is 1.45. The van der Waals surface area contributed by atoms with Crippen molar-refractivity contribution in [3.8, 4) is 17.6 Å². The molecule has 2 N–H and O–H groups in total. The third kappa shape index (κ3) is 2.20. The van der Waals surface area contributed by atoms with Gasteiger partial charge >= 0.3 is 0 Å². The van der Waals surface area contributed by atoms with Gasteiger partial charge in [-0.1, -0.05) is 6.07 Å². The van der Waals surface area contributed by atoms with E-state index in [0.717, 1.165) is 5.56 Å². The summed E-state index contributed by atoms with van der Waals surface area (Å²) < 4.78 is 10.3. The molecule has 1 aromatic carbocycles. The molecular formula is C11H14N2O2. The maximum atomic E-state index is 9.05. The Balaban J connectivity index is 3.29. The first-order chi connectivity index (χ1) is 7.28. The molecule has 0 aliphatic heterocycles. The molecule has 80 valence electrons. The van der Waals surface area contributed by atoms with Crippen molar-refractivity contribution in [1.82, 2.24) is 0 Å². The summed E-state index contributed by atoms with van der Waals surface area (Å²) in [6, 6.07) is 5.74. The van der Waals surface area contributed by atoms with E-state index in [0.29, 0.717) is 30.0 Å². The Labute approximate surface area is 89.2 Å². The molecule has 0 atom stereocenters. The van der Waals surface area contributed by atoms with E-state index in [4.69, 9.17) is 20.5 Å². The molecule has 4 nitrogen and oxygen atoms in total. The lowest BCUT2D eigenvalue weighted by molar-refractivity contribution is 0.353. The smallest absolute Gasteiger partial charge is 0.178 e. The number of hydrogen-bond donors (Lipinski definition) is 1. The Hall–Kier alpha value is -1.73.